The van der Waals surface area contributed by atoms with Gasteiger partial charge in [-0.1, -0.05) is 49.3 Å². The number of ether oxygens (including phenoxy) is 2. The number of ketones is 1. The number of halogens is 1. The number of nitriles is 1. The minimum Gasteiger partial charge on any atom is -0.497 e. The number of amides is 1. The van der Waals surface area contributed by atoms with Crippen molar-refractivity contribution < 1.29 is 19.1 Å². The fourth-order valence-electron chi connectivity index (χ4n) is 4.71. The molecule has 1 aliphatic heterocycles. The van der Waals surface area contributed by atoms with E-state index in [-0.39, 0.29) is 22.9 Å². The smallest absolute Gasteiger partial charge is 0.234 e. The van der Waals surface area contributed by atoms with Crippen molar-refractivity contribution in [3.63, 3.8) is 0 Å². The number of rotatable bonds is 7. The molecule has 1 heterocycles. The first-order valence-electron chi connectivity index (χ1n) is 11.7. The molecule has 2 aromatic carbocycles. The first kappa shape index (κ1) is 26.6. The van der Waals surface area contributed by atoms with Crippen LogP contribution in [0.1, 0.15) is 38.2 Å². The average molecular weight is 538 g/mol. The van der Waals surface area contributed by atoms with Gasteiger partial charge in [0.05, 0.1) is 48.2 Å². The lowest BCUT2D eigenvalue weighted by Gasteiger charge is -2.39. The quantitative estimate of drug-likeness (QED) is 0.460. The Kier molecular flexibility index (Phi) is 7.86. The molecule has 192 valence electrons. The highest BCUT2D eigenvalue weighted by atomic mass is 35.5. The van der Waals surface area contributed by atoms with Crippen molar-refractivity contribution in [3.8, 4) is 17.6 Å². The van der Waals surface area contributed by atoms with E-state index >= 15 is 0 Å². The fraction of sp³-hybridized carbons (Fsp3) is 0.321. The van der Waals surface area contributed by atoms with Gasteiger partial charge in [0.15, 0.2) is 5.78 Å². The number of nitrogens with zero attached hydrogens (tertiary/aromatic N) is 1. The summed E-state index contributed by atoms with van der Waals surface area (Å²) in [4.78, 5) is 26.2. The summed E-state index contributed by atoms with van der Waals surface area (Å²) in [5, 5.41) is 17.5. The molecule has 0 unspecified atom stereocenters. The Balaban J connectivity index is 1.63. The Labute approximate surface area is 225 Å². The molecular formula is C28H28ClN3O4S. The number of dihydropyridines is 1. The molecule has 4 rings (SSSR count). The van der Waals surface area contributed by atoms with Gasteiger partial charge in [-0.05, 0) is 41.7 Å². The zero-order chi connectivity index (χ0) is 26.7. The van der Waals surface area contributed by atoms with Crippen LogP contribution < -0.4 is 20.1 Å². The SMILES string of the molecule is COc1ccc(OC)c(NC(=O)CSC2=C(C#N)[C@@H](c3ccc(Cl)cc3)C3=C(CC(C)(C)CC3=O)N2)c1. The number of hydrogen-bond donors (Lipinski definition) is 2. The number of methoxy groups -OCH3 is 2. The van der Waals surface area contributed by atoms with Gasteiger partial charge in [-0.25, -0.2) is 0 Å². The Hall–Kier alpha value is -3.41. The monoisotopic (exact) mass is 537 g/mol. The van der Waals surface area contributed by atoms with Crippen LogP contribution >= 0.6 is 23.4 Å². The minimum absolute atomic E-state index is 0.0263. The van der Waals surface area contributed by atoms with Crippen molar-refractivity contribution in [2.75, 3.05) is 25.3 Å². The lowest BCUT2D eigenvalue weighted by molar-refractivity contribution is -0.118. The normalized spacial score (nSPS) is 18.5. The zero-order valence-corrected chi connectivity index (χ0v) is 22.7. The number of nitrogens with one attached hydrogen (secondary N) is 2. The van der Waals surface area contributed by atoms with E-state index in [0.717, 1.165) is 11.3 Å². The summed E-state index contributed by atoms with van der Waals surface area (Å²) in [5.74, 6) is 0.367. The van der Waals surface area contributed by atoms with Gasteiger partial charge in [-0.2, -0.15) is 5.26 Å². The summed E-state index contributed by atoms with van der Waals surface area (Å²) in [6.07, 6.45) is 1.07. The second kappa shape index (κ2) is 10.9. The van der Waals surface area contributed by atoms with Crippen LogP contribution in [-0.2, 0) is 9.59 Å². The highest BCUT2D eigenvalue weighted by Gasteiger charge is 2.42. The molecule has 9 heteroatoms. The zero-order valence-electron chi connectivity index (χ0n) is 21.1. The molecule has 0 bridgehead atoms. The predicted octanol–water partition coefficient (Wildman–Crippen LogP) is 5.79. The molecule has 0 radical (unpaired) electrons. The number of Topliss-reactive ketones (excluding diaryl/α,β-unsaturated/α-hetero) is 1. The molecule has 7 nitrogen and oxygen atoms in total. The Morgan fingerprint density at radius 1 is 1.19 bits per heavy atom. The molecule has 1 amide bonds. The lowest BCUT2D eigenvalue weighted by atomic mass is 9.69. The van der Waals surface area contributed by atoms with E-state index < -0.39 is 5.92 Å². The van der Waals surface area contributed by atoms with Crippen molar-refractivity contribution in [1.29, 1.82) is 5.26 Å². The van der Waals surface area contributed by atoms with Crippen molar-refractivity contribution >= 4 is 40.7 Å². The Morgan fingerprint density at radius 2 is 1.92 bits per heavy atom. The summed E-state index contributed by atoms with van der Waals surface area (Å²) in [6, 6.07) is 14.7. The number of carbonyl (C=O) groups excluding carboxylic acids is 2. The molecule has 0 saturated heterocycles. The Bertz CT molecular complexity index is 1340. The van der Waals surface area contributed by atoms with Crippen LogP contribution in [0.4, 0.5) is 5.69 Å². The topological polar surface area (TPSA) is 100 Å². The molecule has 0 spiro atoms. The first-order valence-corrected chi connectivity index (χ1v) is 13.1. The third-order valence-electron chi connectivity index (χ3n) is 6.36. The molecule has 2 N–H and O–H groups in total. The van der Waals surface area contributed by atoms with Crippen molar-refractivity contribution in [1.82, 2.24) is 5.32 Å². The number of thioether (sulfide) groups is 1. The summed E-state index contributed by atoms with van der Waals surface area (Å²) < 4.78 is 10.6. The average Bonchev–Trinajstić information content (AvgIpc) is 2.86. The van der Waals surface area contributed by atoms with Crippen LogP contribution in [0.15, 0.2) is 64.3 Å². The van der Waals surface area contributed by atoms with Crippen LogP contribution in [0, 0.1) is 16.7 Å². The van der Waals surface area contributed by atoms with E-state index in [1.165, 1.54) is 18.9 Å². The van der Waals surface area contributed by atoms with Gasteiger partial charge in [0.25, 0.3) is 0 Å². The van der Waals surface area contributed by atoms with Gasteiger partial charge in [-0.3, -0.25) is 9.59 Å². The van der Waals surface area contributed by atoms with Gasteiger partial charge < -0.3 is 20.1 Å². The van der Waals surface area contributed by atoms with Gasteiger partial charge in [0.1, 0.15) is 11.5 Å². The fourth-order valence-corrected chi connectivity index (χ4v) is 5.70. The minimum atomic E-state index is -0.522. The van der Waals surface area contributed by atoms with Gasteiger partial charge in [-0.15, -0.1) is 0 Å². The van der Waals surface area contributed by atoms with E-state index in [0.29, 0.717) is 51.2 Å². The maximum Gasteiger partial charge on any atom is 0.234 e. The van der Waals surface area contributed by atoms with E-state index in [9.17, 15) is 14.9 Å². The van der Waals surface area contributed by atoms with Crippen molar-refractivity contribution in [3.05, 3.63) is 74.9 Å². The number of benzene rings is 2. The second-order valence-electron chi connectivity index (χ2n) is 9.70. The van der Waals surface area contributed by atoms with E-state index in [1.807, 2.05) is 12.1 Å². The largest absolute Gasteiger partial charge is 0.497 e. The Morgan fingerprint density at radius 3 is 2.57 bits per heavy atom. The van der Waals surface area contributed by atoms with Crippen molar-refractivity contribution in [2.45, 2.75) is 32.6 Å². The number of hydrogen-bond acceptors (Lipinski definition) is 7. The van der Waals surface area contributed by atoms with E-state index in [2.05, 4.69) is 30.6 Å². The van der Waals surface area contributed by atoms with Crippen LogP contribution in [-0.4, -0.2) is 31.7 Å². The molecular weight excluding hydrogens is 510 g/mol. The standard InChI is InChI=1S/C28H28ClN3O4S/c1-28(2)12-21-26(22(33)13-28)25(16-5-7-17(29)8-6-16)19(14-30)27(32-21)37-15-24(34)31-20-11-18(35-3)9-10-23(20)36-4/h5-11,25,32H,12-13,15H2,1-4H3,(H,31,34)/t25-/m1/s1. The summed E-state index contributed by atoms with van der Waals surface area (Å²) in [6.45, 7) is 4.11. The van der Waals surface area contributed by atoms with Crippen molar-refractivity contribution in [2.24, 2.45) is 5.41 Å². The summed E-state index contributed by atoms with van der Waals surface area (Å²) in [5.41, 5.74) is 2.92. The molecule has 1 atom stereocenters. The molecule has 0 aromatic heterocycles. The molecule has 2 aromatic rings. The maximum atomic E-state index is 13.3. The third-order valence-corrected chi connectivity index (χ3v) is 7.63. The first-order chi connectivity index (χ1) is 17.7. The summed E-state index contributed by atoms with van der Waals surface area (Å²) in [7, 11) is 3.07. The number of allylic oxidation sites excluding steroid dienone is 3. The number of anilines is 1. The highest BCUT2D eigenvalue weighted by Crippen LogP contribution is 2.48. The molecule has 0 saturated carbocycles. The maximum absolute atomic E-state index is 13.3. The molecule has 2 aliphatic rings. The van der Waals surface area contributed by atoms with E-state index in [1.54, 1.807) is 37.4 Å². The summed E-state index contributed by atoms with van der Waals surface area (Å²) >= 11 is 7.34. The molecule has 37 heavy (non-hydrogen) atoms. The van der Waals surface area contributed by atoms with Crippen LogP contribution in [0.3, 0.4) is 0 Å². The molecule has 0 fully saturated rings. The van der Waals surface area contributed by atoms with Gasteiger partial charge in [0.2, 0.25) is 5.91 Å². The highest BCUT2D eigenvalue weighted by molar-refractivity contribution is 8.03. The predicted molar refractivity (Wildman–Crippen MR) is 146 cm³/mol. The van der Waals surface area contributed by atoms with Gasteiger partial charge in [0, 0.05) is 28.8 Å². The van der Waals surface area contributed by atoms with Crippen LogP contribution in [0.5, 0.6) is 11.5 Å². The van der Waals surface area contributed by atoms with Crippen LogP contribution in [0.2, 0.25) is 5.02 Å². The number of carbonyl (C=O) groups is 2. The van der Waals surface area contributed by atoms with Gasteiger partial charge >= 0.3 is 0 Å². The van der Waals surface area contributed by atoms with Crippen LogP contribution in [0.25, 0.3) is 0 Å². The third kappa shape index (κ3) is 5.79. The molecule has 1 aliphatic carbocycles. The second-order valence-corrected chi connectivity index (χ2v) is 11.1. The lowest BCUT2D eigenvalue weighted by Crippen LogP contribution is -2.37. The van der Waals surface area contributed by atoms with E-state index in [4.69, 9.17) is 21.1 Å².